The van der Waals surface area contributed by atoms with Crippen molar-refractivity contribution >= 4 is 27.7 Å². The maximum absolute atomic E-state index is 8.64. The smallest absolute Gasteiger partial charge is 0.0660 e. The van der Waals surface area contributed by atoms with Crippen LogP contribution < -0.4 is 0 Å². The highest BCUT2D eigenvalue weighted by Crippen LogP contribution is 2.35. The zero-order valence-electron chi connectivity index (χ0n) is 4.35. The molecule has 1 rings (SSSR count). The van der Waals surface area contributed by atoms with Gasteiger partial charge in [0.05, 0.1) is 10.4 Å². The molecule has 1 nitrogen and oxygen atoms in total. The van der Waals surface area contributed by atoms with Crippen molar-refractivity contribution in [2.45, 2.75) is 6.42 Å². The molecule has 1 aliphatic heterocycles. The fourth-order valence-electron chi connectivity index (χ4n) is 0.605. The Balaban J connectivity index is 2.58. The van der Waals surface area contributed by atoms with Crippen LogP contribution in [0, 0.1) is 0 Å². The maximum Gasteiger partial charge on any atom is 0.0660 e. The third-order valence-corrected chi connectivity index (χ3v) is 3.30. The second-order valence-corrected chi connectivity index (χ2v) is 4.06. The van der Waals surface area contributed by atoms with Gasteiger partial charge in [-0.05, 0) is 27.9 Å². The molecule has 1 aliphatic rings. The van der Waals surface area contributed by atoms with Crippen LogP contribution in [-0.4, -0.2) is 17.5 Å². The zero-order valence-corrected chi connectivity index (χ0v) is 6.76. The van der Waals surface area contributed by atoms with Crippen LogP contribution in [0.1, 0.15) is 6.42 Å². The second kappa shape index (κ2) is 2.90. The molecule has 0 aliphatic carbocycles. The van der Waals surface area contributed by atoms with Crippen LogP contribution >= 0.6 is 27.7 Å². The van der Waals surface area contributed by atoms with E-state index in [-0.39, 0.29) is 6.61 Å². The van der Waals surface area contributed by atoms with E-state index in [0.717, 1.165) is 21.6 Å². The van der Waals surface area contributed by atoms with Crippen molar-refractivity contribution in [1.82, 2.24) is 0 Å². The molecular weight excluding hydrogens is 188 g/mol. The lowest BCUT2D eigenvalue weighted by molar-refractivity contribution is 0.328. The van der Waals surface area contributed by atoms with Crippen LogP contribution in [0.15, 0.2) is 9.39 Å². The minimum atomic E-state index is 0.216. The molecule has 0 saturated carbocycles. The Morgan fingerprint density at radius 2 is 2.50 bits per heavy atom. The number of hydrogen-bond acceptors (Lipinski definition) is 2. The van der Waals surface area contributed by atoms with E-state index in [2.05, 4.69) is 15.9 Å². The first kappa shape index (κ1) is 6.65. The predicted octanol–water partition coefficient (Wildman–Crippen LogP) is 1.72. The molecule has 46 valence electrons. The molecule has 1 heterocycles. The summed E-state index contributed by atoms with van der Waals surface area (Å²) in [6.45, 7) is 0.216. The number of aliphatic hydroxyl groups is 1. The van der Waals surface area contributed by atoms with Crippen molar-refractivity contribution in [2.75, 3.05) is 12.4 Å². The predicted molar refractivity (Wildman–Crippen MR) is 40.1 cm³/mol. The van der Waals surface area contributed by atoms with Crippen molar-refractivity contribution in [3.8, 4) is 0 Å². The van der Waals surface area contributed by atoms with E-state index in [0.29, 0.717) is 0 Å². The van der Waals surface area contributed by atoms with E-state index in [9.17, 15) is 0 Å². The topological polar surface area (TPSA) is 20.2 Å². The molecule has 0 radical (unpaired) electrons. The molecule has 0 spiro atoms. The molecule has 0 aromatic heterocycles. The standard InChI is InChI=1S/C5H7BrOS/c6-5-4(3-7)1-2-8-5/h7H,1-3H2. The lowest BCUT2D eigenvalue weighted by Crippen LogP contribution is -1.85. The lowest BCUT2D eigenvalue weighted by atomic mass is 10.3. The van der Waals surface area contributed by atoms with Crippen LogP contribution in [0.25, 0.3) is 0 Å². The molecule has 0 saturated heterocycles. The van der Waals surface area contributed by atoms with Crippen LogP contribution in [0.2, 0.25) is 0 Å². The summed E-state index contributed by atoms with van der Waals surface area (Å²) in [6, 6.07) is 0. The summed E-state index contributed by atoms with van der Waals surface area (Å²) in [6.07, 6.45) is 1.04. The molecule has 0 unspecified atom stereocenters. The molecule has 3 heteroatoms. The summed E-state index contributed by atoms with van der Waals surface area (Å²) in [7, 11) is 0. The van der Waals surface area contributed by atoms with E-state index in [1.165, 1.54) is 0 Å². The highest BCUT2D eigenvalue weighted by atomic mass is 79.9. The van der Waals surface area contributed by atoms with Crippen molar-refractivity contribution in [3.05, 3.63) is 9.39 Å². The van der Waals surface area contributed by atoms with Gasteiger partial charge in [0.25, 0.3) is 0 Å². The van der Waals surface area contributed by atoms with Crippen LogP contribution in [0.4, 0.5) is 0 Å². The van der Waals surface area contributed by atoms with Crippen LogP contribution in [-0.2, 0) is 0 Å². The number of hydrogen-bond donors (Lipinski definition) is 1. The Kier molecular flexibility index (Phi) is 2.41. The van der Waals surface area contributed by atoms with Crippen molar-refractivity contribution in [2.24, 2.45) is 0 Å². The van der Waals surface area contributed by atoms with Gasteiger partial charge in [0.2, 0.25) is 0 Å². The summed E-state index contributed by atoms with van der Waals surface area (Å²) >= 11 is 5.11. The normalized spacial score (nSPS) is 20.2. The van der Waals surface area contributed by atoms with Gasteiger partial charge in [0.1, 0.15) is 0 Å². The van der Waals surface area contributed by atoms with E-state index < -0.39 is 0 Å². The van der Waals surface area contributed by atoms with Crippen LogP contribution in [0.3, 0.4) is 0 Å². The van der Waals surface area contributed by atoms with Crippen molar-refractivity contribution < 1.29 is 5.11 Å². The van der Waals surface area contributed by atoms with Gasteiger partial charge in [-0.25, -0.2) is 0 Å². The summed E-state index contributed by atoms with van der Waals surface area (Å²) in [5.41, 5.74) is 1.15. The molecular formula is C5H7BrOS. The Hall–Kier alpha value is 0.530. The summed E-state index contributed by atoms with van der Waals surface area (Å²) < 4.78 is 1.14. The monoisotopic (exact) mass is 194 g/mol. The van der Waals surface area contributed by atoms with Crippen molar-refractivity contribution in [1.29, 1.82) is 0 Å². The fraction of sp³-hybridized carbons (Fsp3) is 0.600. The van der Waals surface area contributed by atoms with Gasteiger partial charge in [-0.3, -0.25) is 0 Å². The van der Waals surface area contributed by atoms with E-state index in [1.54, 1.807) is 11.8 Å². The number of thioether (sulfide) groups is 1. The number of aliphatic hydroxyl groups excluding tert-OH is 1. The average molecular weight is 195 g/mol. The van der Waals surface area contributed by atoms with Gasteiger partial charge in [0.15, 0.2) is 0 Å². The first-order valence-corrected chi connectivity index (χ1v) is 4.23. The van der Waals surface area contributed by atoms with Gasteiger partial charge in [-0.15, -0.1) is 11.8 Å². The van der Waals surface area contributed by atoms with Gasteiger partial charge < -0.3 is 5.11 Å². The molecule has 1 N–H and O–H groups in total. The second-order valence-electron chi connectivity index (χ2n) is 1.63. The summed E-state index contributed by atoms with van der Waals surface area (Å²) in [5, 5.41) is 8.64. The summed E-state index contributed by atoms with van der Waals surface area (Å²) in [4.78, 5) is 0. The maximum atomic E-state index is 8.64. The first-order chi connectivity index (χ1) is 3.84. The average Bonchev–Trinajstić information content (AvgIpc) is 2.14. The number of rotatable bonds is 1. The molecule has 0 amide bonds. The van der Waals surface area contributed by atoms with Gasteiger partial charge >= 0.3 is 0 Å². The molecule has 0 aromatic rings. The third-order valence-electron chi connectivity index (χ3n) is 1.10. The highest BCUT2D eigenvalue weighted by molar-refractivity contribution is 9.14. The molecule has 0 atom stereocenters. The van der Waals surface area contributed by atoms with E-state index in [4.69, 9.17) is 5.11 Å². The van der Waals surface area contributed by atoms with Gasteiger partial charge in [-0.2, -0.15) is 0 Å². The van der Waals surface area contributed by atoms with Gasteiger partial charge in [0, 0.05) is 5.75 Å². The van der Waals surface area contributed by atoms with Crippen LogP contribution in [0.5, 0.6) is 0 Å². The summed E-state index contributed by atoms with van der Waals surface area (Å²) in [5.74, 6) is 1.12. The Morgan fingerprint density at radius 1 is 1.75 bits per heavy atom. The van der Waals surface area contributed by atoms with E-state index in [1.807, 2.05) is 0 Å². The third kappa shape index (κ3) is 1.27. The Labute approximate surface area is 61.3 Å². The number of halogens is 1. The minimum Gasteiger partial charge on any atom is -0.392 e. The lowest BCUT2D eigenvalue weighted by Gasteiger charge is -1.91. The Morgan fingerprint density at radius 3 is 2.75 bits per heavy atom. The minimum absolute atomic E-state index is 0.216. The quantitative estimate of drug-likeness (QED) is 0.687. The highest BCUT2D eigenvalue weighted by Gasteiger charge is 2.10. The van der Waals surface area contributed by atoms with E-state index >= 15 is 0 Å². The molecule has 0 bridgehead atoms. The fourth-order valence-corrected chi connectivity index (χ4v) is 2.31. The molecule has 0 fully saturated rings. The molecule has 0 aromatic carbocycles. The van der Waals surface area contributed by atoms with Gasteiger partial charge in [-0.1, -0.05) is 0 Å². The SMILES string of the molecule is OCC1=C(Br)SCC1. The zero-order chi connectivity index (χ0) is 5.98. The van der Waals surface area contributed by atoms with Crippen molar-refractivity contribution in [3.63, 3.8) is 0 Å². The molecule has 8 heavy (non-hydrogen) atoms. The first-order valence-electron chi connectivity index (χ1n) is 2.46. The Bertz CT molecular complexity index is 122. The largest absolute Gasteiger partial charge is 0.392 e.